The van der Waals surface area contributed by atoms with Crippen LogP contribution in [0.1, 0.15) is 25.3 Å². The zero-order chi connectivity index (χ0) is 15.0. The number of benzene rings is 1. The van der Waals surface area contributed by atoms with Gasteiger partial charge >= 0.3 is 11.9 Å². The Morgan fingerprint density at radius 1 is 1.15 bits per heavy atom. The molecule has 5 heteroatoms. The lowest BCUT2D eigenvalue weighted by atomic mass is 9.63. The monoisotopic (exact) mass is 338 g/mol. The van der Waals surface area contributed by atoms with E-state index >= 15 is 0 Å². The van der Waals surface area contributed by atoms with Gasteiger partial charge in [-0.2, -0.15) is 0 Å². The molecule has 0 amide bonds. The smallest absolute Gasteiger partial charge is 0.318 e. The lowest BCUT2D eigenvalue weighted by molar-refractivity contribution is -0.152. The van der Waals surface area contributed by atoms with Gasteiger partial charge in [0.25, 0.3) is 0 Å². The lowest BCUT2D eigenvalue weighted by Crippen LogP contribution is -2.44. The summed E-state index contributed by atoms with van der Waals surface area (Å²) < 4.78 is 0.850. The van der Waals surface area contributed by atoms with Gasteiger partial charge in [-0.25, -0.2) is 0 Å². The molecule has 0 saturated heterocycles. The van der Waals surface area contributed by atoms with Crippen molar-refractivity contribution in [3.63, 3.8) is 0 Å². The zero-order valence-electron chi connectivity index (χ0n) is 11.0. The molecule has 106 valence electrons. The van der Waals surface area contributed by atoms with E-state index in [2.05, 4.69) is 15.9 Å². The first-order valence-electron chi connectivity index (χ1n) is 6.21. The number of halogens is 1. The third-order valence-electron chi connectivity index (χ3n) is 3.90. The predicted molar refractivity (Wildman–Crippen MR) is 77.6 cm³/mol. The summed E-state index contributed by atoms with van der Waals surface area (Å²) in [5.74, 6) is -1.99. The lowest BCUT2D eigenvalue weighted by Gasteiger charge is -2.38. The van der Waals surface area contributed by atoms with Crippen molar-refractivity contribution in [1.82, 2.24) is 0 Å². The minimum Gasteiger partial charge on any atom is -0.481 e. The van der Waals surface area contributed by atoms with Gasteiger partial charge in [0.15, 0.2) is 0 Å². The molecule has 0 fully saturated rings. The van der Waals surface area contributed by atoms with E-state index in [1.165, 1.54) is 0 Å². The fourth-order valence-electron chi connectivity index (χ4n) is 2.65. The van der Waals surface area contributed by atoms with E-state index in [9.17, 15) is 19.8 Å². The minimum absolute atomic E-state index is 0.0444. The third kappa shape index (κ3) is 2.38. The van der Waals surface area contributed by atoms with Crippen LogP contribution in [-0.4, -0.2) is 22.2 Å². The standard InChI is InChI=1S/C15H15BrO4/c1-14(12(17)18)7-2-8-15(9-14,13(19)20)10-3-5-11(16)6-4-10/h2-6,8H,7,9H2,1H3,(H,17,18)(H,19,20). The number of rotatable bonds is 3. The number of hydrogen-bond donors (Lipinski definition) is 2. The van der Waals surface area contributed by atoms with Crippen LogP contribution in [0.4, 0.5) is 0 Å². The van der Waals surface area contributed by atoms with Gasteiger partial charge in [0.05, 0.1) is 5.41 Å². The summed E-state index contributed by atoms with van der Waals surface area (Å²) in [5.41, 5.74) is -1.76. The van der Waals surface area contributed by atoms with Crippen molar-refractivity contribution < 1.29 is 19.8 Å². The third-order valence-corrected chi connectivity index (χ3v) is 4.43. The first-order valence-corrected chi connectivity index (χ1v) is 7.00. The minimum atomic E-state index is -1.29. The average molecular weight is 339 g/mol. The van der Waals surface area contributed by atoms with Crippen molar-refractivity contribution in [3.8, 4) is 0 Å². The van der Waals surface area contributed by atoms with E-state index in [0.717, 1.165) is 4.47 Å². The molecule has 2 N–H and O–H groups in total. The summed E-state index contributed by atoms with van der Waals surface area (Å²) in [4.78, 5) is 23.3. The second kappa shape index (κ2) is 5.05. The Labute approximate surface area is 125 Å². The molecule has 0 saturated carbocycles. The van der Waals surface area contributed by atoms with Crippen molar-refractivity contribution in [2.24, 2.45) is 5.41 Å². The van der Waals surface area contributed by atoms with Crippen LogP contribution in [0.3, 0.4) is 0 Å². The second-order valence-electron chi connectivity index (χ2n) is 5.43. The SMILES string of the molecule is CC1(C(=O)O)CC=CC(C(=O)O)(c2ccc(Br)cc2)C1. The molecule has 4 nitrogen and oxygen atoms in total. The molecule has 20 heavy (non-hydrogen) atoms. The second-order valence-corrected chi connectivity index (χ2v) is 6.35. The van der Waals surface area contributed by atoms with E-state index in [1.54, 1.807) is 43.3 Å². The molecule has 0 spiro atoms. The number of carboxylic acid groups (broad SMARTS) is 2. The molecule has 0 radical (unpaired) electrons. The molecular weight excluding hydrogens is 324 g/mol. The molecule has 0 bridgehead atoms. The highest BCUT2D eigenvalue weighted by molar-refractivity contribution is 9.10. The quantitative estimate of drug-likeness (QED) is 0.830. The average Bonchev–Trinajstić information content (AvgIpc) is 2.39. The predicted octanol–water partition coefficient (Wildman–Crippen LogP) is 3.21. The van der Waals surface area contributed by atoms with Gasteiger partial charge in [0.2, 0.25) is 0 Å². The van der Waals surface area contributed by atoms with Crippen molar-refractivity contribution >= 4 is 27.9 Å². The number of hydrogen-bond acceptors (Lipinski definition) is 2. The first kappa shape index (κ1) is 14.8. The number of carboxylic acids is 2. The van der Waals surface area contributed by atoms with Crippen LogP contribution in [0.25, 0.3) is 0 Å². The fraction of sp³-hybridized carbons (Fsp3) is 0.333. The van der Waals surface area contributed by atoms with Crippen LogP contribution in [0, 0.1) is 5.41 Å². The zero-order valence-corrected chi connectivity index (χ0v) is 12.6. The van der Waals surface area contributed by atoms with Crippen LogP contribution < -0.4 is 0 Å². The molecule has 2 atom stereocenters. The van der Waals surface area contributed by atoms with E-state index in [1.807, 2.05) is 0 Å². The van der Waals surface area contributed by atoms with Crippen LogP contribution >= 0.6 is 15.9 Å². The highest BCUT2D eigenvalue weighted by atomic mass is 79.9. The van der Waals surface area contributed by atoms with Gasteiger partial charge in [-0.1, -0.05) is 40.2 Å². The molecule has 1 aliphatic rings. The van der Waals surface area contributed by atoms with Crippen LogP contribution in [0.15, 0.2) is 40.9 Å². The molecule has 0 aliphatic heterocycles. The van der Waals surface area contributed by atoms with E-state index in [-0.39, 0.29) is 6.42 Å². The van der Waals surface area contributed by atoms with Crippen molar-refractivity contribution in [2.45, 2.75) is 25.2 Å². The topological polar surface area (TPSA) is 74.6 Å². The van der Waals surface area contributed by atoms with Crippen LogP contribution in [0.5, 0.6) is 0 Å². The Morgan fingerprint density at radius 2 is 1.75 bits per heavy atom. The van der Waals surface area contributed by atoms with E-state index in [0.29, 0.717) is 12.0 Å². The largest absolute Gasteiger partial charge is 0.481 e. The maximum atomic E-state index is 11.8. The van der Waals surface area contributed by atoms with Gasteiger partial charge in [0.1, 0.15) is 5.41 Å². The summed E-state index contributed by atoms with van der Waals surface area (Å²) in [6.07, 6.45) is 3.66. The van der Waals surface area contributed by atoms with E-state index in [4.69, 9.17) is 0 Å². The molecule has 2 unspecified atom stereocenters. The molecule has 0 aromatic heterocycles. The Morgan fingerprint density at radius 3 is 2.25 bits per heavy atom. The van der Waals surface area contributed by atoms with Crippen LogP contribution in [-0.2, 0) is 15.0 Å². The van der Waals surface area contributed by atoms with E-state index < -0.39 is 22.8 Å². The van der Waals surface area contributed by atoms with Crippen LogP contribution in [0.2, 0.25) is 0 Å². The summed E-state index contributed by atoms with van der Waals surface area (Å²) in [6.45, 7) is 1.59. The molecule has 0 heterocycles. The van der Waals surface area contributed by atoms with Gasteiger partial charge in [-0.3, -0.25) is 9.59 Å². The molecular formula is C15H15BrO4. The number of carbonyl (C=O) groups is 2. The molecule has 1 aromatic carbocycles. The van der Waals surface area contributed by atoms with Gasteiger partial charge < -0.3 is 10.2 Å². The number of allylic oxidation sites excluding steroid dienone is 1. The van der Waals surface area contributed by atoms with Gasteiger partial charge in [-0.05, 0) is 37.5 Å². The maximum absolute atomic E-state index is 11.8. The fourth-order valence-corrected chi connectivity index (χ4v) is 2.91. The summed E-state index contributed by atoms with van der Waals surface area (Å²) in [7, 11) is 0. The normalized spacial score (nSPS) is 29.1. The van der Waals surface area contributed by atoms with Gasteiger partial charge in [0, 0.05) is 4.47 Å². The summed E-state index contributed by atoms with van der Waals surface area (Å²) in [6, 6.07) is 6.97. The Bertz CT molecular complexity index is 578. The molecule has 1 aromatic rings. The van der Waals surface area contributed by atoms with Crippen molar-refractivity contribution in [1.29, 1.82) is 0 Å². The number of aliphatic carboxylic acids is 2. The first-order chi connectivity index (χ1) is 9.30. The summed E-state index contributed by atoms with van der Waals surface area (Å²) in [5, 5.41) is 19.0. The highest BCUT2D eigenvalue weighted by Gasteiger charge is 2.49. The van der Waals surface area contributed by atoms with Crippen molar-refractivity contribution in [3.05, 3.63) is 46.5 Å². The van der Waals surface area contributed by atoms with Gasteiger partial charge in [-0.15, -0.1) is 0 Å². The Balaban J connectivity index is 2.54. The van der Waals surface area contributed by atoms with Crippen molar-refractivity contribution in [2.75, 3.05) is 0 Å². The summed E-state index contributed by atoms with van der Waals surface area (Å²) >= 11 is 3.31. The Kier molecular flexibility index (Phi) is 3.73. The molecule has 2 rings (SSSR count). The molecule has 1 aliphatic carbocycles. The maximum Gasteiger partial charge on any atom is 0.318 e. The highest BCUT2D eigenvalue weighted by Crippen LogP contribution is 2.45. The Hall–Kier alpha value is -1.62.